The highest BCUT2D eigenvalue weighted by Gasteiger charge is 2.10. The zero-order valence-electron chi connectivity index (χ0n) is 12.6. The third-order valence-corrected chi connectivity index (χ3v) is 3.51. The summed E-state index contributed by atoms with van der Waals surface area (Å²) >= 11 is 0. The molecule has 2 rings (SSSR count). The van der Waals surface area contributed by atoms with E-state index >= 15 is 0 Å². The summed E-state index contributed by atoms with van der Waals surface area (Å²) in [4.78, 5) is 0. The molecule has 2 nitrogen and oxygen atoms in total. The number of rotatable bonds is 4. The van der Waals surface area contributed by atoms with Crippen LogP contribution in [0.25, 0.3) is 0 Å². The summed E-state index contributed by atoms with van der Waals surface area (Å²) in [5.74, 6) is 0.765. The summed E-state index contributed by atoms with van der Waals surface area (Å²) in [6.45, 7) is 8.48. The molecule has 1 atom stereocenters. The summed E-state index contributed by atoms with van der Waals surface area (Å²) in [5, 5.41) is 9.81. The molecule has 106 valence electrons. The topological polar surface area (TPSA) is 29.5 Å². The maximum Gasteiger partial charge on any atom is 0.125 e. The monoisotopic (exact) mass is 270 g/mol. The van der Waals surface area contributed by atoms with E-state index in [1.807, 2.05) is 25.1 Å². The van der Waals surface area contributed by atoms with Crippen molar-refractivity contribution in [2.75, 3.05) is 0 Å². The molecule has 20 heavy (non-hydrogen) atoms. The van der Waals surface area contributed by atoms with Crippen LogP contribution in [0, 0.1) is 20.8 Å². The van der Waals surface area contributed by atoms with Crippen LogP contribution < -0.4 is 4.74 Å². The van der Waals surface area contributed by atoms with E-state index in [-0.39, 0.29) is 0 Å². The smallest absolute Gasteiger partial charge is 0.125 e. The standard InChI is InChI=1S/C18H22O2/c1-12-5-7-14(3)16(9-12)11-20-18-10-13(2)6-8-17(18)15(4)19/h5-10,15,19H,11H2,1-4H3/t15-/m0/s1. The highest BCUT2D eigenvalue weighted by atomic mass is 16.5. The van der Waals surface area contributed by atoms with E-state index in [0.717, 1.165) is 16.9 Å². The molecule has 0 spiro atoms. The van der Waals surface area contributed by atoms with Crippen LogP contribution in [-0.4, -0.2) is 5.11 Å². The summed E-state index contributed by atoms with van der Waals surface area (Å²) in [6.07, 6.45) is -0.524. The largest absolute Gasteiger partial charge is 0.489 e. The molecule has 0 radical (unpaired) electrons. The van der Waals surface area contributed by atoms with Crippen LogP contribution in [0.2, 0.25) is 0 Å². The quantitative estimate of drug-likeness (QED) is 0.900. The summed E-state index contributed by atoms with van der Waals surface area (Å²) < 4.78 is 5.94. The predicted octanol–water partition coefficient (Wildman–Crippen LogP) is 4.24. The lowest BCUT2D eigenvalue weighted by Gasteiger charge is -2.15. The van der Waals surface area contributed by atoms with Crippen LogP contribution in [0.4, 0.5) is 0 Å². The first kappa shape index (κ1) is 14.6. The number of aliphatic hydroxyl groups is 1. The van der Waals surface area contributed by atoms with Crippen molar-refractivity contribution in [2.24, 2.45) is 0 Å². The van der Waals surface area contributed by atoms with Crippen LogP contribution in [0.5, 0.6) is 5.75 Å². The van der Waals surface area contributed by atoms with Crippen LogP contribution in [0.3, 0.4) is 0 Å². The second-order valence-corrected chi connectivity index (χ2v) is 5.44. The average molecular weight is 270 g/mol. The van der Waals surface area contributed by atoms with E-state index in [4.69, 9.17) is 4.74 Å². The maximum absolute atomic E-state index is 9.81. The minimum atomic E-state index is -0.524. The lowest BCUT2D eigenvalue weighted by Crippen LogP contribution is -2.03. The van der Waals surface area contributed by atoms with E-state index in [9.17, 15) is 5.11 Å². The van der Waals surface area contributed by atoms with Gasteiger partial charge in [0.15, 0.2) is 0 Å². The molecule has 0 aliphatic carbocycles. The Bertz CT molecular complexity index is 600. The molecular formula is C18H22O2. The van der Waals surface area contributed by atoms with Gasteiger partial charge in [-0.25, -0.2) is 0 Å². The van der Waals surface area contributed by atoms with E-state index in [1.165, 1.54) is 16.7 Å². The van der Waals surface area contributed by atoms with Crippen molar-refractivity contribution >= 4 is 0 Å². The van der Waals surface area contributed by atoms with E-state index < -0.39 is 6.10 Å². The van der Waals surface area contributed by atoms with Gasteiger partial charge in [-0.3, -0.25) is 0 Å². The van der Waals surface area contributed by atoms with Gasteiger partial charge in [-0.2, -0.15) is 0 Å². The minimum Gasteiger partial charge on any atom is -0.489 e. The second kappa shape index (κ2) is 6.10. The fourth-order valence-electron chi connectivity index (χ4n) is 2.22. The molecule has 0 aromatic heterocycles. The van der Waals surface area contributed by atoms with Gasteiger partial charge in [-0.05, 0) is 50.5 Å². The Morgan fingerprint density at radius 1 is 1.00 bits per heavy atom. The van der Waals surface area contributed by atoms with Gasteiger partial charge in [0.1, 0.15) is 12.4 Å². The normalized spacial score (nSPS) is 12.2. The molecule has 0 unspecified atom stereocenters. The van der Waals surface area contributed by atoms with Gasteiger partial charge in [-0.1, -0.05) is 35.9 Å². The van der Waals surface area contributed by atoms with Gasteiger partial charge in [0.05, 0.1) is 6.10 Å². The van der Waals surface area contributed by atoms with E-state index in [0.29, 0.717) is 6.61 Å². The van der Waals surface area contributed by atoms with Gasteiger partial charge in [-0.15, -0.1) is 0 Å². The summed E-state index contributed by atoms with van der Waals surface area (Å²) in [5.41, 5.74) is 5.60. The highest BCUT2D eigenvalue weighted by molar-refractivity contribution is 5.39. The van der Waals surface area contributed by atoms with Crippen molar-refractivity contribution in [1.29, 1.82) is 0 Å². The van der Waals surface area contributed by atoms with E-state index in [1.54, 1.807) is 6.92 Å². The Morgan fingerprint density at radius 3 is 2.35 bits per heavy atom. The molecule has 0 saturated carbocycles. The van der Waals surface area contributed by atoms with Gasteiger partial charge in [0, 0.05) is 5.56 Å². The first-order valence-electron chi connectivity index (χ1n) is 6.95. The van der Waals surface area contributed by atoms with Crippen LogP contribution in [-0.2, 0) is 6.61 Å². The third-order valence-electron chi connectivity index (χ3n) is 3.51. The molecule has 0 aliphatic rings. The SMILES string of the molecule is Cc1ccc(C)c(COc2cc(C)ccc2[C@H](C)O)c1. The minimum absolute atomic E-state index is 0.524. The Kier molecular flexibility index (Phi) is 4.46. The van der Waals surface area contributed by atoms with Crippen LogP contribution in [0.15, 0.2) is 36.4 Å². The fraction of sp³-hybridized carbons (Fsp3) is 0.333. The maximum atomic E-state index is 9.81. The zero-order valence-corrected chi connectivity index (χ0v) is 12.6. The number of aryl methyl sites for hydroxylation is 3. The van der Waals surface area contributed by atoms with E-state index in [2.05, 4.69) is 32.0 Å². The third kappa shape index (κ3) is 3.40. The molecular weight excluding hydrogens is 248 g/mol. The molecule has 2 aromatic carbocycles. The van der Waals surface area contributed by atoms with Gasteiger partial charge < -0.3 is 9.84 Å². The van der Waals surface area contributed by atoms with Crippen molar-refractivity contribution in [3.8, 4) is 5.75 Å². The van der Waals surface area contributed by atoms with Gasteiger partial charge in [0.2, 0.25) is 0 Å². The van der Waals surface area contributed by atoms with Crippen LogP contribution in [0.1, 0.15) is 40.8 Å². The summed E-state index contributed by atoms with van der Waals surface area (Å²) in [7, 11) is 0. The molecule has 0 fully saturated rings. The molecule has 0 aliphatic heterocycles. The Labute approximate surface area is 121 Å². The lowest BCUT2D eigenvalue weighted by molar-refractivity contribution is 0.190. The number of hydrogen-bond donors (Lipinski definition) is 1. The molecule has 1 N–H and O–H groups in total. The second-order valence-electron chi connectivity index (χ2n) is 5.44. The molecule has 0 amide bonds. The Balaban J connectivity index is 2.22. The van der Waals surface area contributed by atoms with Crippen molar-refractivity contribution in [2.45, 2.75) is 40.4 Å². The van der Waals surface area contributed by atoms with Gasteiger partial charge in [0.25, 0.3) is 0 Å². The summed E-state index contributed by atoms with van der Waals surface area (Å²) in [6, 6.07) is 12.3. The van der Waals surface area contributed by atoms with Crippen molar-refractivity contribution in [3.63, 3.8) is 0 Å². The molecule has 2 heteroatoms. The zero-order chi connectivity index (χ0) is 14.7. The number of benzene rings is 2. The molecule has 0 bridgehead atoms. The fourth-order valence-corrected chi connectivity index (χ4v) is 2.22. The highest BCUT2D eigenvalue weighted by Crippen LogP contribution is 2.27. The number of aliphatic hydroxyl groups excluding tert-OH is 1. The number of hydrogen-bond acceptors (Lipinski definition) is 2. The van der Waals surface area contributed by atoms with Crippen LogP contribution >= 0.6 is 0 Å². The first-order valence-corrected chi connectivity index (χ1v) is 6.95. The predicted molar refractivity (Wildman–Crippen MR) is 82.1 cm³/mol. The van der Waals surface area contributed by atoms with Crippen molar-refractivity contribution < 1.29 is 9.84 Å². The average Bonchev–Trinajstić information content (AvgIpc) is 2.39. The van der Waals surface area contributed by atoms with Crippen molar-refractivity contribution in [1.82, 2.24) is 0 Å². The first-order chi connectivity index (χ1) is 9.47. The molecule has 0 saturated heterocycles. The Morgan fingerprint density at radius 2 is 1.65 bits per heavy atom. The van der Waals surface area contributed by atoms with Crippen molar-refractivity contribution in [3.05, 3.63) is 64.2 Å². The molecule has 0 heterocycles. The van der Waals surface area contributed by atoms with Gasteiger partial charge >= 0.3 is 0 Å². The lowest BCUT2D eigenvalue weighted by atomic mass is 10.1. The molecule has 2 aromatic rings. The number of ether oxygens (including phenoxy) is 1. The Hall–Kier alpha value is -1.80.